The van der Waals surface area contributed by atoms with Crippen molar-refractivity contribution in [2.24, 2.45) is 11.8 Å². The van der Waals surface area contributed by atoms with Gasteiger partial charge in [-0.2, -0.15) is 0 Å². The zero-order valence-corrected chi connectivity index (χ0v) is 15.3. The van der Waals surface area contributed by atoms with E-state index in [1.54, 1.807) is 6.08 Å². The van der Waals surface area contributed by atoms with Crippen molar-refractivity contribution in [1.82, 2.24) is 10.2 Å². The van der Waals surface area contributed by atoms with Crippen LogP contribution in [0, 0.1) is 11.8 Å². The topological polar surface area (TPSA) is 66.5 Å². The first-order valence-corrected chi connectivity index (χ1v) is 9.54. The lowest BCUT2D eigenvalue weighted by Crippen LogP contribution is -2.41. The molecule has 1 heterocycles. The van der Waals surface area contributed by atoms with E-state index < -0.39 is 11.8 Å². The molecule has 2 atom stereocenters. The fourth-order valence-electron chi connectivity index (χ4n) is 5.28. The second-order valence-electron chi connectivity index (χ2n) is 7.62. The Hall–Kier alpha value is -3.21. The number of hydrogen-bond donors (Lipinski definition) is 1. The van der Waals surface area contributed by atoms with Crippen molar-refractivity contribution in [3.05, 3.63) is 83.4 Å². The monoisotopic (exact) mass is 372 g/mol. The lowest BCUT2D eigenvalue weighted by molar-refractivity contribution is -0.143. The number of hydrogen-bond acceptors (Lipinski definition) is 3. The Morgan fingerprint density at radius 2 is 1.32 bits per heavy atom. The summed E-state index contributed by atoms with van der Waals surface area (Å²) in [7, 11) is 0. The van der Waals surface area contributed by atoms with E-state index in [-0.39, 0.29) is 36.1 Å². The first kappa shape index (κ1) is 16.9. The molecule has 4 aliphatic rings. The number of nitrogens with one attached hydrogen (secondary N) is 1. The molecule has 3 aliphatic carbocycles. The number of amides is 3. The predicted octanol–water partition coefficient (Wildman–Crippen LogP) is 2.18. The van der Waals surface area contributed by atoms with Crippen molar-refractivity contribution in [1.29, 1.82) is 0 Å². The van der Waals surface area contributed by atoms with E-state index >= 15 is 0 Å². The lowest BCUT2D eigenvalue weighted by atomic mass is 9.55. The summed E-state index contributed by atoms with van der Waals surface area (Å²) in [4.78, 5) is 39.9. The number of benzene rings is 2. The van der Waals surface area contributed by atoms with E-state index in [1.807, 2.05) is 24.3 Å². The molecule has 1 aliphatic heterocycles. The van der Waals surface area contributed by atoms with Crippen LogP contribution >= 0.6 is 0 Å². The largest absolute Gasteiger partial charge is 0.351 e. The zero-order valence-electron chi connectivity index (χ0n) is 15.3. The average molecular weight is 372 g/mol. The van der Waals surface area contributed by atoms with Crippen molar-refractivity contribution < 1.29 is 14.4 Å². The minimum atomic E-state index is -0.436. The molecule has 28 heavy (non-hydrogen) atoms. The Kier molecular flexibility index (Phi) is 3.72. The van der Waals surface area contributed by atoms with Gasteiger partial charge in [-0.3, -0.25) is 19.3 Å². The van der Waals surface area contributed by atoms with Gasteiger partial charge < -0.3 is 5.32 Å². The number of likely N-dealkylation sites (tertiary alicyclic amines) is 1. The Bertz CT molecular complexity index is 913. The molecule has 1 N–H and O–H groups in total. The maximum absolute atomic E-state index is 13.3. The van der Waals surface area contributed by atoms with Crippen LogP contribution in [0.5, 0.6) is 0 Å². The highest BCUT2D eigenvalue weighted by Gasteiger charge is 2.61. The number of nitrogens with zero attached hydrogens (tertiary/aromatic N) is 1. The Balaban J connectivity index is 1.59. The molecule has 1 saturated heterocycles. The highest BCUT2D eigenvalue weighted by atomic mass is 16.2. The number of rotatable bonds is 4. The molecule has 2 aromatic carbocycles. The molecular formula is C23H20N2O3. The third-order valence-electron chi connectivity index (χ3n) is 6.29. The van der Waals surface area contributed by atoms with Gasteiger partial charge in [-0.1, -0.05) is 54.6 Å². The van der Waals surface area contributed by atoms with Gasteiger partial charge in [0.05, 0.1) is 11.8 Å². The summed E-state index contributed by atoms with van der Waals surface area (Å²) in [6, 6.07) is 16.2. The molecule has 140 valence electrons. The van der Waals surface area contributed by atoms with Crippen LogP contribution in [0.25, 0.3) is 0 Å². The highest BCUT2D eigenvalue weighted by Crippen LogP contribution is 2.60. The maximum atomic E-state index is 13.3. The van der Waals surface area contributed by atoms with Crippen LogP contribution in [0.4, 0.5) is 0 Å². The molecule has 6 rings (SSSR count). The van der Waals surface area contributed by atoms with E-state index in [4.69, 9.17) is 0 Å². The van der Waals surface area contributed by atoms with Gasteiger partial charge in [-0.15, -0.1) is 6.58 Å². The lowest BCUT2D eigenvalue weighted by Gasteiger charge is -2.45. The fourth-order valence-corrected chi connectivity index (χ4v) is 5.28. The molecule has 2 aromatic rings. The van der Waals surface area contributed by atoms with Crippen LogP contribution in [-0.4, -0.2) is 35.7 Å². The molecule has 0 spiro atoms. The summed E-state index contributed by atoms with van der Waals surface area (Å²) in [6.07, 6.45) is 1.57. The number of carbonyl (C=O) groups excluding carboxylic acids is 3. The summed E-state index contributed by atoms with van der Waals surface area (Å²) in [6.45, 7) is 3.64. The Labute approximate surface area is 163 Å². The van der Waals surface area contributed by atoms with E-state index in [0.29, 0.717) is 6.54 Å². The molecule has 5 nitrogen and oxygen atoms in total. The molecule has 2 bridgehead atoms. The number of imide groups is 1. The highest BCUT2D eigenvalue weighted by molar-refractivity contribution is 6.09. The molecule has 5 heteroatoms. The molecule has 1 fully saturated rings. The predicted molar refractivity (Wildman–Crippen MR) is 103 cm³/mol. The third kappa shape index (κ3) is 2.16. The minimum Gasteiger partial charge on any atom is -0.351 e. The average Bonchev–Trinajstić information content (AvgIpc) is 2.97. The van der Waals surface area contributed by atoms with E-state index in [9.17, 15) is 14.4 Å². The first-order chi connectivity index (χ1) is 13.6. The Morgan fingerprint density at radius 1 is 0.893 bits per heavy atom. The van der Waals surface area contributed by atoms with Crippen molar-refractivity contribution in [2.45, 2.75) is 11.8 Å². The summed E-state index contributed by atoms with van der Waals surface area (Å²) in [5.41, 5.74) is 4.52. The molecule has 0 radical (unpaired) electrons. The summed E-state index contributed by atoms with van der Waals surface area (Å²) in [5.74, 6) is -1.96. The van der Waals surface area contributed by atoms with E-state index in [0.717, 1.165) is 27.2 Å². The smallest absolute Gasteiger partial charge is 0.240 e. The van der Waals surface area contributed by atoms with Gasteiger partial charge >= 0.3 is 0 Å². The van der Waals surface area contributed by atoms with Gasteiger partial charge in [-0.25, -0.2) is 0 Å². The molecule has 0 saturated carbocycles. The summed E-state index contributed by atoms with van der Waals surface area (Å²) < 4.78 is 0. The van der Waals surface area contributed by atoms with Gasteiger partial charge in [-0.05, 0) is 22.3 Å². The van der Waals surface area contributed by atoms with Gasteiger partial charge in [0.2, 0.25) is 17.7 Å². The fraction of sp³-hybridized carbons (Fsp3) is 0.261. The quantitative estimate of drug-likeness (QED) is 0.661. The third-order valence-corrected chi connectivity index (χ3v) is 6.29. The second kappa shape index (κ2) is 6.16. The van der Waals surface area contributed by atoms with Crippen molar-refractivity contribution >= 4 is 17.7 Å². The minimum absolute atomic E-state index is 0.139. The molecule has 0 aromatic heterocycles. The number of carbonyl (C=O) groups is 3. The van der Waals surface area contributed by atoms with Crippen LogP contribution < -0.4 is 5.32 Å². The summed E-state index contributed by atoms with van der Waals surface area (Å²) in [5, 5.41) is 2.65. The van der Waals surface area contributed by atoms with Crippen LogP contribution in [0.1, 0.15) is 34.1 Å². The Morgan fingerprint density at radius 3 is 1.71 bits per heavy atom. The van der Waals surface area contributed by atoms with Crippen molar-refractivity contribution in [2.75, 3.05) is 13.1 Å². The second-order valence-corrected chi connectivity index (χ2v) is 7.62. The maximum Gasteiger partial charge on any atom is 0.240 e. The molecule has 0 unspecified atom stereocenters. The van der Waals surface area contributed by atoms with Gasteiger partial charge in [0.25, 0.3) is 0 Å². The van der Waals surface area contributed by atoms with E-state index in [1.165, 1.54) is 0 Å². The SMILES string of the molecule is C=CCNC(=O)CN1C(=O)[C@@H]2C3c4ccccc4C(c4ccccc43)[C@H]2C1=O. The van der Waals surface area contributed by atoms with Crippen LogP contribution in [0.15, 0.2) is 61.2 Å². The summed E-state index contributed by atoms with van der Waals surface area (Å²) >= 11 is 0. The van der Waals surface area contributed by atoms with Crippen molar-refractivity contribution in [3.8, 4) is 0 Å². The normalized spacial score (nSPS) is 26.5. The van der Waals surface area contributed by atoms with Gasteiger partial charge in [0.1, 0.15) is 6.54 Å². The standard InChI is InChI=1S/C23H20N2O3/c1-2-11-24-17(26)12-25-22(27)20-18-13-7-3-4-8-14(13)19(21(20)23(25)28)16-10-6-5-9-15(16)18/h2-10,18-21H,1,11-12H2,(H,24,26)/t18?,19?,20-,21-/m1/s1. The van der Waals surface area contributed by atoms with Gasteiger partial charge in [0, 0.05) is 18.4 Å². The molecule has 3 amide bonds. The van der Waals surface area contributed by atoms with Crippen molar-refractivity contribution in [3.63, 3.8) is 0 Å². The van der Waals surface area contributed by atoms with Crippen LogP contribution in [0.3, 0.4) is 0 Å². The zero-order chi connectivity index (χ0) is 19.4. The van der Waals surface area contributed by atoms with Crippen LogP contribution in [0.2, 0.25) is 0 Å². The molecular weight excluding hydrogens is 352 g/mol. The van der Waals surface area contributed by atoms with Crippen LogP contribution in [-0.2, 0) is 14.4 Å². The first-order valence-electron chi connectivity index (χ1n) is 9.54. The van der Waals surface area contributed by atoms with E-state index in [2.05, 4.69) is 36.2 Å². The van der Waals surface area contributed by atoms with Gasteiger partial charge in [0.15, 0.2) is 0 Å².